The van der Waals surface area contributed by atoms with Crippen molar-refractivity contribution in [1.29, 1.82) is 0 Å². The summed E-state index contributed by atoms with van der Waals surface area (Å²) in [7, 11) is 0. The highest BCUT2D eigenvalue weighted by Crippen LogP contribution is 2.30. The Kier molecular flexibility index (Phi) is 5.50. The molecule has 9 heteroatoms. The van der Waals surface area contributed by atoms with E-state index in [0.29, 0.717) is 15.6 Å². The van der Waals surface area contributed by atoms with Gasteiger partial charge in [-0.05, 0) is 18.2 Å². The highest BCUT2D eigenvalue weighted by Gasteiger charge is 2.14. The topological polar surface area (TPSA) is 71.8 Å². The van der Waals surface area contributed by atoms with Gasteiger partial charge in [0.1, 0.15) is 11.4 Å². The summed E-state index contributed by atoms with van der Waals surface area (Å²) in [5.74, 6) is -1.78. The highest BCUT2D eigenvalue weighted by molar-refractivity contribution is 7.98. The van der Waals surface area contributed by atoms with Gasteiger partial charge in [0.2, 0.25) is 0 Å². The van der Waals surface area contributed by atoms with Crippen LogP contribution in [0.5, 0.6) is 0 Å². The zero-order valence-corrected chi connectivity index (χ0v) is 15.4. The standard InChI is InChI=1S/C17H11Cl2F2N3OS/c18-10-5-4-8(6-11(10)19)15-14(22)16(25)24-17(23-15)26-7-9-2-1-3-12(20)13(9)21/h1-6H,7,22H2,(H,23,24,25). The van der Waals surface area contributed by atoms with E-state index in [9.17, 15) is 13.6 Å². The van der Waals surface area contributed by atoms with Crippen LogP contribution in [-0.4, -0.2) is 9.97 Å². The number of nitrogen functional groups attached to an aromatic ring is 1. The number of benzene rings is 2. The molecule has 134 valence electrons. The van der Waals surface area contributed by atoms with Crippen molar-refractivity contribution >= 4 is 40.7 Å². The Hall–Kier alpha value is -2.09. The van der Waals surface area contributed by atoms with Crippen LogP contribution in [0.4, 0.5) is 14.5 Å². The van der Waals surface area contributed by atoms with Crippen LogP contribution in [0.3, 0.4) is 0 Å². The molecule has 3 aromatic rings. The molecule has 0 aliphatic heterocycles. The van der Waals surface area contributed by atoms with E-state index in [1.165, 1.54) is 12.1 Å². The average Bonchev–Trinajstić information content (AvgIpc) is 2.61. The maximum atomic E-state index is 13.7. The summed E-state index contributed by atoms with van der Waals surface area (Å²) in [5.41, 5.74) is 6.11. The lowest BCUT2D eigenvalue weighted by Gasteiger charge is -2.09. The lowest BCUT2D eigenvalue weighted by atomic mass is 10.1. The average molecular weight is 414 g/mol. The fraction of sp³-hybridized carbons (Fsp3) is 0.0588. The number of H-pyrrole nitrogens is 1. The number of aromatic nitrogens is 2. The van der Waals surface area contributed by atoms with Gasteiger partial charge in [0.15, 0.2) is 16.8 Å². The van der Waals surface area contributed by atoms with E-state index in [2.05, 4.69) is 9.97 Å². The van der Waals surface area contributed by atoms with Gasteiger partial charge in [0.05, 0.1) is 10.0 Å². The minimum absolute atomic E-state index is 0.0790. The van der Waals surface area contributed by atoms with Crippen molar-refractivity contribution in [3.8, 4) is 11.3 Å². The monoisotopic (exact) mass is 413 g/mol. The highest BCUT2D eigenvalue weighted by atomic mass is 35.5. The summed E-state index contributed by atoms with van der Waals surface area (Å²) >= 11 is 12.9. The van der Waals surface area contributed by atoms with E-state index in [1.807, 2.05) is 0 Å². The van der Waals surface area contributed by atoms with Crippen molar-refractivity contribution in [2.75, 3.05) is 5.73 Å². The SMILES string of the molecule is Nc1c(-c2ccc(Cl)c(Cl)c2)nc(SCc2cccc(F)c2F)[nH]c1=O. The second kappa shape index (κ2) is 7.65. The number of thioether (sulfide) groups is 1. The first-order valence-corrected chi connectivity index (χ1v) is 9.02. The van der Waals surface area contributed by atoms with Gasteiger partial charge in [-0.3, -0.25) is 9.78 Å². The van der Waals surface area contributed by atoms with Crippen LogP contribution in [0.15, 0.2) is 46.3 Å². The number of nitrogens with one attached hydrogen (secondary N) is 1. The Balaban J connectivity index is 1.94. The van der Waals surface area contributed by atoms with Crippen LogP contribution in [-0.2, 0) is 5.75 Å². The summed E-state index contributed by atoms with van der Waals surface area (Å²) < 4.78 is 27.0. The first-order chi connectivity index (χ1) is 12.4. The minimum atomic E-state index is -0.932. The summed E-state index contributed by atoms with van der Waals surface area (Å²) in [4.78, 5) is 18.9. The van der Waals surface area contributed by atoms with E-state index in [1.54, 1.807) is 18.2 Å². The van der Waals surface area contributed by atoms with E-state index >= 15 is 0 Å². The maximum Gasteiger partial charge on any atom is 0.275 e. The number of halogens is 4. The molecular formula is C17H11Cl2F2N3OS. The van der Waals surface area contributed by atoms with Crippen LogP contribution in [0, 0.1) is 11.6 Å². The third-order valence-electron chi connectivity index (χ3n) is 3.52. The zero-order valence-electron chi connectivity index (χ0n) is 13.0. The Morgan fingerprint density at radius 3 is 2.65 bits per heavy atom. The fourth-order valence-corrected chi connectivity index (χ4v) is 3.33. The van der Waals surface area contributed by atoms with Crippen molar-refractivity contribution < 1.29 is 8.78 Å². The number of rotatable bonds is 4. The van der Waals surface area contributed by atoms with Crippen molar-refractivity contribution in [1.82, 2.24) is 9.97 Å². The van der Waals surface area contributed by atoms with Gasteiger partial charge in [-0.1, -0.05) is 53.2 Å². The third kappa shape index (κ3) is 3.85. The Morgan fingerprint density at radius 2 is 1.92 bits per heavy atom. The van der Waals surface area contributed by atoms with Crippen molar-refractivity contribution in [3.05, 3.63) is 74.0 Å². The molecule has 0 fully saturated rings. The smallest absolute Gasteiger partial charge is 0.275 e. The Labute approximate surface area is 161 Å². The first-order valence-electron chi connectivity index (χ1n) is 7.27. The second-order valence-electron chi connectivity index (χ2n) is 5.26. The minimum Gasteiger partial charge on any atom is -0.392 e. The quantitative estimate of drug-likeness (QED) is 0.471. The number of hydrogen-bond acceptors (Lipinski definition) is 4. The largest absolute Gasteiger partial charge is 0.392 e. The van der Waals surface area contributed by atoms with Gasteiger partial charge >= 0.3 is 0 Å². The van der Waals surface area contributed by atoms with Crippen LogP contribution >= 0.6 is 35.0 Å². The predicted octanol–water partition coefficient (Wildman–Crippen LogP) is 4.90. The molecule has 0 unspecified atom stereocenters. The molecule has 3 N–H and O–H groups in total. The molecule has 0 saturated heterocycles. The van der Waals surface area contributed by atoms with Gasteiger partial charge < -0.3 is 5.73 Å². The number of hydrogen-bond donors (Lipinski definition) is 2. The van der Waals surface area contributed by atoms with Crippen LogP contribution in [0.25, 0.3) is 11.3 Å². The summed E-state index contributed by atoms with van der Waals surface area (Å²) in [6, 6.07) is 8.65. The lowest BCUT2D eigenvalue weighted by molar-refractivity contribution is 0.502. The summed E-state index contributed by atoms with van der Waals surface area (Å²) in [6.07, 6.45) is 0. The number of anilines is 1. The molecule has 0 aliphatic rings. The Bertz CT molecular complexity index is 1040. The van der Waals surface area contributed by atoms with E-state index in [0.717, 1.165) is 17.8 Å². The predicted molar refractivity (Wildman–Crippen MR) is 101 cm³/mol. The Morgan fingerprint density at radius 1 is 1.15 bits per heavy atom. The van der Waals surface area contributed by atoms with Crippen molar-refractivity contribution in [3.63, 3.8) is 0 Å². The van der Waals surface area contributed by atoms with E-state index in [-0.39, 0.29) is 27.9 Å². The lowest BCUT2D eigenvalue weighted by Crippen LogP contribution is -2.15. The van der Waals surface area contributed by atoms with Gasteiger partial charge in [0, 0.05) is 16.9 Å². The normalized spacial score (nSPS) is 10.9. The molecule has 0 spiro atoms. The number of aromatic amines is 1. The molecule has 0 saturated carbocycles. The van der Waals surface area contributed by atoms with Crippen LogP contribution in [0.1, 0.15) is 5.56 Å². The fourth-order valence-electron chi connectivity index (χ4n) is 2.20. The molecule has 26 heavy (non-hydrogen) atoms. The molecule has 0 amide bonds. The van der Waals surface area contributed by atoms with Gasteiger partial charge in [0.25, 0.3) is 5.56 Å². The zero-order chi connectivity index (χ0) is 18.8. The molecule has 4 nitrogen and oxygen atoms in total. The molecular weight excluding hydrogens is 403 g/mol. The van der Waals surface area contributed by atoms with E-state index < -0.39 is 17.2 Å². The van der Waals surface area contributed by atoms with Crippen molar-refractivity contribution in [2.24, 2.45) is 0 Å². The van der Waals surface area contributed by atoms with Crippen LogP contribution in [0.2, 0.25) is 10.0 Å². The maximum absolute atomic E-state index is 13.7. The van der Waals surface area contributed by atoms with Crippen LogP contribution < -0.4 is 11.3 Å². The second-order valence-corrected chi connectivity index (χ2v) is 7.04. The molecule has 0 radical (unpaired) electrons. The molecule has 0 bridgehead atoms. The molecule has 3 rings (SSSR count). The van der Waals surface area contributed by atoms with Gasteiger partial charge in [-0.25, -0.2) is 13.8 Å². The number of nitrogens with zero attached hydrogens (tertiary/aromatic N) is 1. The molecule has 1 aromatic heterocycles. The molecule has 0 atom stereocenters. The molecule has 2 aromatic carbocycles. The van der Waals surface area contributed by atoms with Gasteiger partial charge in [-0.15, -0.1) is 0 Å². The number of nitrogens with two attached hydrogens (primary N) is 1. The third-order valence-corrected chi connectivity index (χ3v) is 5.18. The summed E-state index contributed by atoms with van der Waals surface area (Å²) in [6.45, 7) is 0. The van der Waals surface area contributed by atoms with Gasteiger partial charge in [-0.2, -0.15) is 0 Å². The van der Waals surface area contributed by atoms with E-state index in [4.69, 9.17) is 28.9 Å². The molecule has 0 aliphatic carbocycles. The van der Waals surface area contributed by atoms with Crippen molar-refractivity contribution in [2.45, 2.75) is 10.9 Å². The first kappa shape index (κ1) is 18.7. The summed E-state index contributed by atoms with van der Waals surface area (Å²) in [5, 5.41) is 0.866. The molecule has 1 heterocycles.